The summed E-state index contributed by atoms with van der Waals surface area (Å²) in [7, 11) is 1.64. The molecule has 0 aliphatic carbocycles. The van der Waals surface area contributed by atoms with E-state index in [1.165, 1.54) is 11.3 Å². The van der Waals surface area contributed by atoms with Gasteiger partial charge >= 0.3 is 0 Å². The number of thiazole rings is 1. The number of rotatable bonds is 10. The second kappa shape index (κ2) is 12.6. The van der Waals surface area contributed by atoms with Gasteiger partial charge in [0.05, 0.1) is 12.2 Å². The SMILES string of the molecule is COC(CN=C(NC#N)NCCSCc1csc(N=C(N)N)n1)c1ccccc1. The molecule has 154 valence electrons. The zero-order valence-corrected chi connectivity index (χ0v) is 17.7. The molecular weight excluding hydrogens is 408 g/mol. The Morgan fingerprint density at radius 3 is 2.86 bits per heavy atom. The predicted octanol–water partition coefficient (Wildman–Crippen LogP) is 1.69. The van der Waals surface area contributed by atoms with Crippen LogP contribution in [0.2, 0.25) is 0 Å². The molecule has 0 fully saturated rings. The lowest BCUT2D eigenvalue weighted by Gasteiger charge is -2.14. The second-order valence-corrected chi connectivity index (χ2v) is 7.64. The fraction of sp³-hybridized carbons (Fsp3) is 0.333. The number of guanidine groups is 2. The highest BCUT2D eigenvalue weighted by Crippen LogP contribution is 2.21. The van der Waals surface area contributed by atoms with Gasteiger partial charge < -0.3 is 21.5 Å². The molecule has 0 radical (unpaired) electrons. The largest absolute Gasteiger partial charge is 0.375 e. The number of nitrogens with two attached hydrogens (primary N) is 2. The van der Waals surface area contributed by atoms with Crippen LogP contribution in [0.15, 0.2) is 45.7 Å². The molecule has 2 rings (SSSR count). The van der Waals surface area contributed by atoms with Crippen molar-refractivity contribution < 1.29 is 4.74 Å². The van der Waals surface area contributed by atoms with Gasteiger partial charge in [0, 0.05) is 30.5 Å². The number of aliphatic imine (C=N–C) groups is 2. The highest BCUT2D eigenvalue weighted by molar-refractivity contribution is 7.98. The highest BCUT2D eigenvalue weighted by atomic mass is 32.2. The van der Waals surface area contributed by atoms with E-state index in [1.807, 2.05) is 41.9 Å². The number of ether oxygens (including phenoxy) is 1. The number of nitriles is 1. The smallest absolute Gasteiger partial charge is 0.212 e. The molecule has 1 unspecified atom stereocenters. The van der Waals surface area contributed by atoms with Crippen LogP contribution in [0.4, 0.5) is 5.13 Å². The summed E-state index contributed by atoms with van der Waals surface area (Å²) in [6, 6.07) is 9.84. The number of thioether (sulfide) groups is 1. The number of methoxy groups -OCH3 is 1. The minimum Gasteiger partial charge on any atom is -0.375 e. The Morgan fingerprint density at radius 2 is 2.17 bits per heavy atom. The van der Waals surface area contributed by atoms with Gasteiger partial charge in [-0.15, -0.1) is 11.3 Å². The Hall–Kier alpha value is -2.81. The van der Waals surface area contributed by atoms with E-state index in [9.17, 15) is 0 Å². The topological polar surface area (TPSA) is 147 Å². The van der Waals surface area contributed by atoms with E-state index in [0.29, 0.717) is 24.2 Å². The van der Waals surface area contributed by atoms with Crippen molar-refractivity contribution in [3.63, 3.8) is 0 Å². The van der Waals surface area contributed by atoms with Crippen molar-refractivity contribution >= 4 is 40.1 Å². The van der Waals surface area contributed by atoms with Crippen LogP contribution >= 0.6 is 23.1 Å². The van der Waals surface area contributed by atoms with Crippen molar-refractivity contribution in [2.45, 2.75) is 11.9 Å². The van der Waals surface area contributed by atoms with E-state index in [-0.39, 0.29) is 12.1 Å². The molecule has 0 bridgehead atoms. The van der Waals surface area contributed by atoms with Crippen molar-refractivity contribution in [3.8, 4) is 6.19 Å². The van der Waals surface area contributed by atoms with Gasteiger partial charge in [-0.05, 0) is 5.56 Å². The fourth-order valence-electron chi connectivity index (χ4n) is 2.29. The monoisotopic (exact) mass is 432 g/mol. The first kappa shape index (κ1) is 22.5. The van der Waals surface area contributed by atoms with Gasteiger partial charge in [0.2, 0.25) is 11.1 Å². The second-order valence-electron chi connectivity index (χ2n) is 5.70. The third-order valence-corrected chi connectivity index (χ3v) is 5.37. The van der Waals surface area contributed by atoms with E-state index >= 15 is 0 Å². The molecule has 0 saturated heterocycles. The Kier molecular flexibility index (Phi) is 9.77. The van der Waals surface area contributed by atoms with Gasteiger partial charge in [0.1, 0.15) is 6.10 Å². The van der Waals surface area contributed by atoms with E-state index < -0.39 is 0 Å². The Bertz CT molecular complexity index is 843. The lowest BCUT2D eigenvalue weighted by atomic mass is 10.1. The van der Waals surface area contributed by atoms with Gasteiger partial charge in [-0.25, -0.2) is 9.98 Å². The van der Waals surface area contributed by atoms with Gasteiger partial charge in [0.25, 0.3) is 0 Å². The molecule has 29 heavy (non-hydrogen) atoms. The van der Waals surface area contributed by atoms with Crippen LogP contribution in [0.25, 0.3) is 0 Å². The van der Waals surface area contributed by atoms with Crippen LogP contribution in [0.1, 0.15) is 17.4 Å². The van der Waals surface area contributed by atoms with Crippen LogP contribution in [0, 0.1) is 11.5 Å². The molecule has 0 saturated carbocycles. The predicted molar refractivity (Wildman–Crippen MR) is 119 cm³/mol. The molecule has 2 aromatic rings. The van der Waals surface area contributed by atoms with E-state index in [0.717, 1.165) is 22.8 Å². The summed E-state index contributed by atoms with van der Waals surface area (Å²) in [4.78, 5) is 12.7. The summed E-state index contributed by atoms with van der Waals surface area (Å²) in [6.45, 7) is 1.04. The molecule has 1 aromatic carbocycles. The van der Waals surface area contributed by atoms with Crippen molar-refractivity contribution in [3.05, 3.63) is 47.0 Å². The molecule has 0 amide bonds. The van der Waals surface area contributed by atoms with E-state index in [4.69, 9.17) is 21.5 Å². The van der Waals surface area contributed by atoms with Gasteiger partial charge in [-0.2, -0.15) is 22.0 Å². The molecule has 6 N–H and O–H groups in total. The summed E-state index contributed by atoms with van der Waals surface area (Å²) in [5.41, 5.74) is 12.7. The molecule has 0 aliphatic rings. The zero-order chi connectivity index (χ0) is 20.9. The maximum atomic E-state index is 8.94. The lowest BCUT2D eigenvalue weighted by Crippen LogP contribution is -2.36. The van der Waals surface area contributed by atoms with Crippen molar-refractivity contribution in [2.24, 2.45) is 21.5 Å². The molecule has 1 aromatic heterocycles. The minimum absolute atomic E-state index is 0.00235. The minimum atomic E-state index is -0.174. The van der Waals surface area contributed by atoms with Gasteiger partial charge in [0.15, 0.2) is 12.2 Å². The van der Waals surface area contributed by atoms with E-state index in [2.05, 4.69) is 25.6 Å². The molecule has 11 heteroatoms. The number of benzene rings is 1. The maximum absolute atomic E-state index is 8.94. The van der Waals surface area contributed by atoms with Gasteiger partial charge in [-0.1, -0.05) is 30.3 Å². The fourth-order valence-corrected chi connectivity index (χ4v) is 3.85. The number of nitrogens with zero attached hydrogens (tertiary/aromatic N) is 4. The Labute approximate surface area is 178 Å². The molecule has 0 aliphatic heterocycles. The average Bonchev–Trinajstić information content (AvgIpc) is 3.15. The van der Waals surface area contributed by atoms with Crippen LogP contribution in [0.3, 0.4) is 0 Å². The molecule has 0 spiro atoms. The molecule has 1 heterocycles. The first-order valence-electron chi connectivity index (χ1n) is 8.75. The summed E-state index contributed by atoms with van der Waals surface area (Å²) in [5, 5.41) is 17.1. The molecule has 1 atom stereocenters. The van der Waals surface area contributed by atoms with Gasteiger partial charge in [-0.3, -0.25) is 5.32 Å². The molecular formula is C18H24N8OS2. The summed E-state index contributed by atoms with van der Waals surface area (Å²) >= 11 is 3.10. The third kappa shape index (κ3) is 8.39. The number of hydrogen-bond acceptors (Lipinski definition) is 7. The summed E-state index contributed by atoms with van der Waals surface area (Å²) in [5.74, 6) is 1.99. The summed E-state index contributed by atoms with van der Waals surface area (Å²) < 4.78 is 5.50. The highest BCUT2D eigenvalue weighted by Gasteiger charge is 2.10. The Morgan fingerprint density at radius 1 is 1.38 bits per heavy atom. The summed E-state index contributed by atoms with van der Waals surface area (Å²) in [6.07, 6.45) is 1.73. The van der Waals surface area contributed by atoms with Crippen molar-refractivity contribution in [2.75, 3.05) is 26.0 Å². The molecule has 9 nitrogen and oxygen atoms in total. The normalized spacial score (nSPS) is 12.1. The first-order chi connectivity index (χ1) is 14.1. The number of hydrogen-bond donors (Lipinski definition) is 4. The standard InChI is InChI=1S/C18H24N8OS2/c1-27-15(13-5-3-2-4-6-13)9-23-17(24-12-19)22-7-8-28-10-14-11-29-18(25-14)26-16(20)21/h2-6,11,15H,7-10H2,1H3,(H2,22,23,24)(H4,20,21,25,26). The van der Waals surface area contributed by atoms with E-state index in [1.54, 1.807) is 18.9 Å². The lowest BCUT2D eigenvalue weighted by molar-refractivity contribution is 0.111. The Balaban J connectivity index is 1.77. The third-order valence-electron chi connectivity index (χ3n) is 3.60. The van der Waals surface area contributed by atoms with Crippen LogP contribution in [-0.4, -0.2) is 42.9 Å². The first-order valence-corrected chi connectivity index (χ1v) is 10.8. The quantitative estimate of drug-likeness (QED) is 0.146. The van der Waals surface area contributed by atoms with Crippen LogP contribution in [0.5, 0.6) is 0 Å². The van der Waals surface area contributed by atoms with Crippen LogP contribution < -0.4 is 22.1 Å². The zero-order valence-electron chi connectivity index (χ0n) is 16.0. The van der Waals surface area contributed by atoms with Crippen LogP contribution in [-0.2, 0) is 10.5 Å². The number of nitrogens with one attached hydrogen (secondary N) is 2. The maximum Gasteiger partial charge on any atom is 0.212 e. The number of aromatic nitrogens is 1. The van der Waals surface area contributed by atoms with Crippen molar-refractivity contribution in [1.82, 2.24) is 15.6 Å². The average molecular weight is 433 g/mol. The van der Waals surface area contributed by atoms with Crippen molar-refractivity contribution in [1.29, 1.82) is 5.26 Å².